The van der Waals surface area contributed by atoms with Crippen LogP contribution in [-0.2, 0) is 0 Å². The number of hydrogen-bond acceptors (Lipinski definition) is 2. The third kappa shape index (κ3) is 6.20. The quantitative estimate of drug-likeness (QED) is 0.157. The normalized spacial score (nSPS) is 11.5. The van der Waals surface area contributed by atoms with Crippen molar-refractivity contribution in [1.82, 2.24) is 9.97 Å². The smallest absolute Gasteiger partial charge is 0.0972 e. The molecule has 0 bridgehead atoms. The van der Waals surface area contributed by atoms with E-state index in [4.69, 9.17) is 9.97 Å². The predicted molar refractivity (Wildman–Crippen MR) is 262 cm³/mol. The minimum atomic E-state index is 0.912. The summed E-state index contributed by atoms with van der Waals surface area (Å²) in [6.07, 6.45) is 0. The lowest BCUT2D eigenvalue weighted by Gasteiger charge is -2.15. The fourth-order valence-electron chi connectivity index (χ4n) is 9.36. The standard InChI is InChI=1S/C60H38N2/c1-2-14-43(15-3-1)57-34-30-44-28-29-45-31-35-58(62-60(45)59(44)61-57)56-33-32-53(54-20-8-9-21-55(54)56)42-26-24-39(25-27-42)46-36-47(51-22-10-16-40-12-4-6-18-49(40)51)38-48(37-46)52-23-11-17-41-13-5-7-19-50(41)52/h1-38H. The molecular weight excluding hydrogens is 749 g/mol. The minimum absolute atomic E-state index is 0.912. The van der Waals surface area contributed by atoms with Crippen LogP contribution in [0, 0.1) is 0 Å². The second-order valence-electron chi connectivity index (χ2n) is 16.1. The summed E-state index contributed by atoms with van der Waals surface area (Å²) in [5.41, 5.74) is 15.5. The van der Waals surface area contributed by atoms with E-state index in [9.17, 15) is 0 Å². The van der Waals surface area contributed by atoms with Crippen LogP contribution >= 0.6 is 0 Å². The van der Waals surface area contributed by atoms with Crippen LogP contribution in [0.4, 0.5) is 0 Å². The molecule has 0 spiro atoms. The molecular formula is C60H38N2. The lowest BCUT2D eigenvalue weighted by Crippen LogP contribution is -1.92. The first-order valence-electron chi connectivity index (χ1n) is 21.2. The highest BCUT2D eigenvalue weighted by atomic mass is 14.8. The van der Waals surface area contributed by atoms with E-state index in [1.54, 1.807) is 0 Å². The van der Waals surface area contributed by atoms with Gasteiger partial charge in [-0.05, 0) is 107 Å². The van der Waals surface area contributed by atoms with Crippen LogP contribution in [0.5, 0.6) is 0 Å². The maximum absolute atomic E-state index is 5.33. The molecule has 12 aromatic rings. The molecule has 288 valence electrons. The van der Waals surface area contributed by atoms with Crippen LogP contribution in [0.2, 0.25) is 0 Å². The van der Waals surface area contributed by atoms with Gasteiger partial charge in [0.1, 0.15) is 0 Å². The SMILES string of the molecule is c1ccc(-c2ccc3ccc4ccc(-c5ccc(-c6ccc(-c7cc(-c8cccc9ccccc89)cc(-c8cccc9ccccc89)c7)cc6)c6ccccc56)nc4c3n2)cc1. The molecule has 12 rings (SSSR count). The molecule has 0 atom stereocenters. The third-order valence-electron chi connectivity index (χ3n) is 12.5. The zero-order valence-electron chi connectivity index (χ0n) is 33.8. The number of benzene rings is 10. The van der Waals surface area contributed by atoms with E-state index in [-0.39, 0.29) is 0 Å². The Balaban J connectivity index is 0.953. The van der Waals surface area contributed by atoms with Gasteiger partial charge in [0.25, 0.3) is 0 Å². The first kappa shape index (κ1) is 35.7. The Morgan fingerprint density at radius 1 is 0.210 bits per heavy atom. The van der Waals surface area contributed by atoms with Gasteiger partial charge in [0.05, 0.1) is 22.4 Å². The van der Waals surface area contributed by atoms with E-state index in [2.05, 4.69) is 224 Å². The zero-order valence-corrected chi connectivity index (χ0v) is 33.8. The largest absolute Gasteiger partial charge is 0.245 e. The van der Waals surface area contributed by atoms with Crippen molar-refractivity contribution in [3.63, 3.8) is 0 Å². The summed E-state index contributed by atoms with van der Waals surface area (Å²) >= 11 is 0. The molecule has 0 saturated carbocycles. The second kappa shape index (κ2) is 14.8. The summed E-state index contributed by atoms with van der Waals surface area (Å²) in [5.74, 6) is 0. The average Bonchev–Trinajstić information content (AvgIpc) is 3.35. The highest BCUT2D eigenvalue weighted by Crippen LogP contribution is 2.40. The summed E-state index contributed by atoms with van der Waals surface area (Å²) in [6.45, 7) is 0. The van der Waals surface area contributed by atoms with Gasteiger partial charge < -0.3 is 0 Å². The molecule has 10 aromatic carbocycles. The Hall–Kier alpha value is -8.20. The summed E-state index contributed by atoms with van der Waals surface area (Å²) in [4.78, 5) is 10.5. The Morgan fingerprint density at radius 3 is 1.27 bits per heavy atom. The number of hydrogen-bond donors (Lipinski definition) is 0. The summed E-state index contributed by atoms with van der Waals surface area (Å²) in [5, 5.41) is 9.50. The van der Waals surface area contributed by atoms with Gasteiger partial charge in [-0.2, -0.15) is 0 Å². The van der Waals surface area contributed by atoms with Crippen LogP contribution in [0.3, 0.4) is 0 Å². The Kier molecular flexibility index (Phi) is 8.53. The van der Waals surface area contributed by atoms with E-state index in [0.717, 1.165) is 44.3 Å². The molecule has 0 aliphatic carbocycles. The van der Waals surface area contributed by atoms with E-state index in [0.29, 0.717) is 0 Å². The van der Waals surface area contributed by atoms with Crippen LogP contribution in [0.25, 0.3) is 121 Å². The molecule has 62 heavy (non-hydrogen) atoms. The molecule has 0 amide bonds. The first-order chi connectivity index (χ1) is 30.7. The first-order valence-corrected chi connectivity index (χ1v) is 21.2. The second-order valence-corrected chi connectivity index (χ2v) is 16.1. The van der Waals surface area contributed by atoms with Gasteiger partial charge >= 0.3 is 0 Å². The average molecular weight is 787 g/mol. The molecule has 0 aliphatic heterocycles. The monoisotopic (exact) mass is 786 g/mol. The number of nitrogens with zero attached hydrogens (tertiary/aromatic N) is 2. The lowest BCUT2D eigenvalue weighted by atomic mass is 9.89. The highest BCUT2D eigenvalue weighted by Gasteiger charge is 2.15. The van der Waals surface area contributed by atoms with Crippen LogP contribution in [0.1, 0.15) is 0 Å². The third-order valence-corrected chi connectivity index (χ3v) is 12.5. The molecule has 0 aliphatic rings. The lowest BCUT2D eigenvalue weighted by molar-refractivity contribution is 1.37. The molecule has 2 heteroatoms. The molecule has 0 saturated heterocycles. The van der Waals surface area contributed by atoms with Gasteiger partial charge in [-0.3, -0.25) is 0 Å². The maximum atomic E-state index is 5.33. The molecule has 2 heterocycles. The number of rotatable bonds is 6. The Morgan fingerprint density at radius 2 is 0.645 bits per heavy atom. The molecule has 0 radical (unpaired) electrons. The van der Waals surface area contributed by atoms with Crippen molar-refractivity contribution >= 4 is 54.1 Å². The van der Waals surface area contributed by atoms with Crippen LogP contribution < -0.4 is 0 Å². The van der Waals surface area contributed by atoms with Crippen molar-refractivity contribution in [2.75, 3.05) is 0 Å². The van der Waals surface area contributed by atoms with E-state index in [1.807, 2.05) is 6.07 Å². The molecule has 2 aromatic heterocycles. The summed E-state index contributed by atoms with van der Waals surface area (Å²) < 4.78 is 0. The van der Waals surface area contributed by atoms with Gasteiger partial charge in [-0.15, -0.1) is 0 Å². The van der Waals surface area contributed by atoms with Crippen molar-refractivity contribution in [1.29, 1.82) is 0 Å². The number of aromatic nitrogens is 2. The van der Waals surface area contributed by atoms with E-state index >= 15 is 0 Å². The Bertz CT molecular complexity index is 3570. The minimum Gasteiger partial charge on any atom is -0.245 e. The molecule has 2 nitrogen and oxygen atoms in total. The predicted octanol–water partition coefficient (Wildman–Crippen LogP) is 16.2. The molecule has 0 N–H and O–H groups in total. The number of pyridine rings is 2. The van der Waals surface area contributed by atoms with Gasteiger partial charge in [0, 0.05) is 21.9 Å². The van der Waals surface area contributed by atoms with Crippen molar-refractivity contribution in [2.45, 2.75) is 0 Å². The van der Waals surface area contributed by atoms with Crippen molar-refractivity contribution in [3.8, 4) is 67.0 Å². The van der Waals surface area contributed by atoms with E-state index in [1.165, 1.54) is 76.8 Å². The van der Waals surface area contributed by atoms with Gasteiger partial charge in [-0.1, -0.05) is 200 Å². The van der Waals surface area contributed by atoms with Gasteiger partial charge in [0.2, 0.25) is 0 Å². The van der Waals surface area contributed by atoms with Gasteiger partial charge in [0.15, 0.2) is 0 Å². The van der Waals surface area contributed by atoms with Gasteiger partial charge in [-0.25, -0.2) is 9.97 Å². The molecule has 0 unspecified atom stereocenters. The molecule has 0 fully saturated rings. The maximum Gasteiger partial charge on any atom is 0.0972 e. The fraction of sp³-hybridized carbons (Fsp3) is 0. The topological polar surface area (TPSA) is 25.8 Å². The van der Waals surface area contributed by atoms with Crippen LogP contribution in [-0.4, -0.2) is 9.97 Å². The number of fused-ring (bicyclic) bond motifs is 6. The van der Waals surface area contributed by atoms with Crippen molar-refractivity contribution in [2.24, 2.45) is 0 Å². The Labute approximate surface area is 360 Å². The van der Waals surface area contributed by atoms with Crippen molar-refractivity contribution < 1.29 is 0 Å². The fourth-order valence-corrected chi connectivity index (χ4v) is 9.36. The summed E-state index contributed by atoms with van der Waals surface area (Å²) in [6, 6.07) is 83.2. The van der Waals surface area contributed by atoms with Crippen LogP contribution in [0.15, 0.2) is 231 Å². The van der Waals surface area contributed by atoms with E-state index < -0.39 is 0 Å². The summed E-state index contributed by atoms with van der Waals surface area (Å²) in [7, 11) is 0. The highest BCUT2D eigenvalue weighted by molar-refractivity contribution is 6.08. The zero-order chi connectivity index (χ0) is 41.0. The van der Waals surface area contributed by atoms with Crippen molar-refractivity contribution in [3.05, 3.63) is 231 Å².